The number of H-pyrrole nitrogens is 1. The Kier molecular flexibility index (Phi) is 4.13. The Morgan fingerprint density at radius 1 is 1.10 bits per heavy atom. The fourth-order valence-corrected chi connectivity index (χ4v) is 2.59. The monoisotopic (exact) mass is 286 g/mol. The molecule has 0 fully saturated rings. The van der Waals surface area contributed by atoms with E-state index in [9.17, 15) is 0 Å². The summed E-state index contributed by atoms with van der Waals surface area (Å²) < 4.78 is 5.67. The molecule has 0 unspecified atom stereocenters. The third-order valence-electron chi connectivity index (χ3n) is 2.77. The van der Waals surface area contributed by atoms with Crippen LogP contribution in [0.1, 0.15) is 5.56 Å². The topological polar surface area (TPSA) is 63.7 Å². The van der Waals surface area contributed by atoms with Gasteiger partial charge in [-0.25, -0.2) is 9.97 Å². The Hall–Kier alpha value is -2.08. The van der Waals surface area contributed by atoms with E-state index in [1.165, 1.54) is 11.9 Å². The summed E-state index contributed by atoms with van der Waals surface area (Å²) in [4.78, 5) is 15.2. The van der Waals surface area contributed by atoms with Crippen LogP contribution < -0.4 is 4.74 Å². The number of nitrogens with one attached hydrogen (secondary N) is 1. The molecule has 0 radical (unpaired) electrons. The minimum absolute atomic E-state index is 0.563. The summed E-state index contributed by atoms with van der Waals surface area (Å²) in [7, 11) is 0. The Bertz CT molecular complexity index is 671. The Labute approximate surface area is 120 Å². The van der Waals surface area contributed by atoms with Gasteiger partial charge in [-0.15, -0.1) is 0 Å². The third-order valence-corrected chi connectivity index (χ3v) is 3.76. The molecular formula is C14H14N4OS. The van der Waals surface area contributed by atoms with Gasteiger partial charge in [0, 0.05) is 11.5 Å². The molecule has 2 aromatic heterocycles. The fourth-order valence-electron chi connectivity index (χ4n) is 1.81. The highest BCUT2D eigenvalue weighted by Gasteiger charge is 2.06. The van der Waals surface area contributed by atoms with E-state index in [1.54, 1.807) is 6.33 Å². The number of ether oxygens (including phenoxy) is 1. The van der Waals surface area contributed by atoms with Crippen LogP contribution >= 0.6 is 11.8 Å². The second kappa shape index (κ2) is 6.38. The van der Waals surface area contributed by atoms with Crippen molar-refractivity contribution in [2.45, 2.75) is 5.75 Å². The molecule has 0 aliphatic rings. The highest BCUT2D eigenvalue weighted by atomic mass is 32.2. The molecule has 0 amide bonds. The molecule has 3 aromatic rings. The van der Waals surface area contributed by atoms with E-state index in [0.29, 0.717) is 18.1 Å². The maximum atomic E-state index is 5.67. The summed E-state index contributed by atoms with van der Waals surface area (Å²) in [6.45, 7) is 0.614. The quantitative estimate of drug-likeness (QED) is 0.706. The Morgan fingerprint density at radius 3 is 2.90 bits per heavy atom. The zero-order valence-electron chi connectivity index (χ0n) is 10.8. The van der Waals surface area contributed by atoms with Gasteiger partial charge in [-0.2, -0.15) is 16.7 Å². The lowest BCUT2D eigenvalue weighted by Crippen LogP contribution is -2.03. The minimum atomic E-state index is 0.563. The van der Waals surface area contributed by atoms with Crippen LogP contribution in [-0.2, 0) is 5.75 Å². The van der Waals surface area contributed by atoms with Crippen LogP contribution in [-0.4, -0.2) is 32.3 Å². The summed E-state index contributed by atoms with van der Waals surface area (Å²) in [5.41, 5.74) is 2.71. The third kappa shape index (κ3) is 3.08. The first kappa shape index (κ1) is 12.9. The Morgan fingerprint density at radius 2 is 2.00 bits per heavy atom. The van der Waals surface area contributed by atoms with Crippen LogP contribution in [0.4, 0.5) is 0 Å². The number of thioether (sulfide) groups is 1. The van der Waals surface area contributed by atoms with Crippen LogP contribution in [0.5, 0.6) is 5.88 Å². The second-order valence-electron chi connectivity index (χ2n) is 4.17. The van der Waals surface area contributed by atoms with Crippen LogP contribution in [0.25, 0.3) is 11.2 Å². The van der Waals surface area contributed by atoms with E-state index in [1.807, 2.05) is 17.8 Å². The van der Waals surface area contributed by atoms with Crippen LogP contribution in [0.3, 0.4) is 0 Å². The zero-order valence-corrected chi connectivity index (χ0v) is 11.6. The molecule has 0 aliphatic heterocycles. The number of imidazole rings is 1. The van der Waals surface area contributed by atoms with Crippen molar-refractivity contribution in [1.82, 2.24) is 19.9 Å². The van der Waals surface area contributed by atoms with Crippen molar-refractivity contribution >= 4 is 22.9 Å². The Balaban J connectivity index is 1.47. The van der Waals surface area contributed by atoms with Crippen molar-refractivity contribution in [3.05, 3.63) is 48.5 Å². The first-order valence-electron chi connectivity index (χ1n) is 6.32. The maximum absolute atomic E-state index is 5.67. The number of aromatic nitrogens is 4. The van der Waals surface area contributed by atoms with Crippen molar-refractivity contribution in [3.8, 4) is 5.88 Å². The molecule has 6 heteroatoms. The maximum Gasteiger partial charge on any atom is 0.243 e. The summed E-state index contributed by atoms with van der Waals surface area (Å²) in [6.07, 6.45) is 3.06. The summed E-state index contributed by atoms with van der Waals surface area (Å²) in [5, 5.41) is 0. The lowest BCUT2D eigenvalue weighted by atomic mass is 10.2. The molecule has 0 aliphatic carbocycles. The molecule has 2 heterocycles. The van der Waals surface area contributed by atoms with Gasteiger partial charge in [-0.3, -0.25) is 0 Å². The summed E-state index contributed by atoms with van der Waals surface area (Å²) >= 11 is 1.84. The van der Waals surface area contributed by atoms with Gasteiger partial charge in [0.2, 0.25) is 5.88 Å². The summed E-state index contributed by atoms with van der Waals surface area (Å²) in [5.74, 6) is 2.47. The second-order valence-corrected chi connectivity index (χ2v) is 5.27. The van der Waals surface area contributed by atoms with E-state index in [4.69, 9.17) is 4.74 Å². The number of rotatable bonds is 6. The van der Waals surface area contributed by atoms with Gasteiger partial charge in [0.15, 0.2) is 5.65 Å². The average molecular weight is 286 g/mol. The minimum Gasteiger partial charge on any atom is -0.475 e. The highest BCUT2D eigenvalue weighted by molar-refractivity contribution is 7.98. The van der Waals surface area contributed by atoms with Gasteiger partial charge in [-0.1, -0.05) is 30.3 Å². The number of benzene rings is 1. The van der Waals surface area contributed by atoms with Crippen molar-refractivity contribution in [3.63, 3.8) is 0 Å². The van der Waals surface area contributed by atoms with E-state index >= 15 is 0 Å². The molecule has 20 heavy (non-hydrogen) atoms. The first-order chi connectivity index (χ1) is 9.93. The average Bonchev–Trinajstić information content (AvgIpc) is 2.97. The van der Waals surface area contributed by atoms with Gasteiger partial charge in [-0.05, 0) is 5.56 Å². The molecule has 1 aromatic carbocycles. The van der Waals surface area contributed by atoms with Crippen LogP contribution in [0, 0.1) is 0 Å². The van der Waals surface area contributed by atoms with Crippen LogP contribution in [0.15, 0.2) is 43.0 Å². The largest absolute Gasteiger partial charge is 0.475 e. The van der Waals surface area contributed by atoms with Gasteiger partial charge in [0.1, 0.15) is 11.8 Å². The number of nitrogens with zero attached hydrogens (tertiary/aromatic N) is 3. The predicted octanol–water partition coefficient (Wildman–Crippen LogP) is 2.67. The number of hydrogen-bond donors (Lipinski definition) is 1. The number of aromatic amines is 1. The number of hydrogen-bond acceptors (Lipinski definition) is 5. The smallest absolute Gasteiger partial charge is 0.243 e. The SMILES string of the molecule is c1ccc(CSCCOc2ncnc3nc[nH]c23)cc1. The van der Waals surface area contributed by atoms with E-state index in [0.717, 1.165) is 17.0 Å². The highest BCUT2D eigenvalue weighted by Crippen LogP contribution is 2.17. The molecule has 5 nitrogen and oxygen atoms in total. The first-order valence-corrected chi connectivity index (χ1v) is 7.47. The molecule has 0 saturated heterocycles. The van der Waals surface area contributed by atoms with Crippen molar-refractivity contribution < 1.29 is 4.74 Å². The molecular weight excluding hydrogens is 272 g/mol. The van der Waals surface area contributed by atoms with Gasteiger partial charge >= 0.3 is 0 Å². The molecule has 0 saturated carbocycles. The van der Waals surface area contributed by atoms with Gasteiger partial charge in [0.25, 0.3) is 0 Å². The van der Waals surface area contributed by atoms with E-state index in [2.05, 4.69) is 44.2 Å². The molecule has 102 valence electrons. The van der Waals surface area contributed by atoms with Crippen molar-refractivity contribution in [1.29, 1.82) is 0 Å². The lowest BCUT2D eigenvalue weighted by molar-refractivity contribution is 0.333. The van der Waals surface area contributed by atoms with Crippen molar-refractivity contribution in [2.75, 3.05) is 12.4 Å². The fraction of sp³-hybridized carbons (Fsp3) is 0.214. The molecule has 1 N–H and O–H groups in total. The molecule has 0 spiro atoms. The van der Waals surface area contributed by atoms with Crippen LogP contribution in [0.2, 0.25) is 0 Å². The van der Waals surface area contributed by atoms with Crippen molar-refractivity contribution in [2.24, 2.45) is 0 Å². The van der Waals surface area contributed by atoms with Gasteiger partial charge in [0.05, 0.1) is 12.9 Å². The molecule has 0 bridgehead atoms. The normalized spacial score (nSPS) is 10.8. The predicted molar refractivity (Wildman–Crippen MR) is 79.8 cm³/mol. The number of fused-ring (bicyclic) bond motifs is 1. The zero-order chi connectivity index (χ0) is 13.6. The molecule has 3 rings (SSSR count). The van der Waals surface area contributed by atoms with Gasteiger partial charge < -0.3 is 9.72 Å². The summed E-state index contributed by atoms with van der Waals surface area (Å²) in [6, 6.07) is 10.4. The molecule has 0 atom stereocenters. The lowest BCUT2D eigenvalue weighted by Gasteiger charge is -2.05. The standard InChI is InChI=1S/C14H14N4OS/c1-2-4-11(5-3-1)8-20-7-6-19-14-12-13(16-9-15-12)17-10-18-14/h1-5,9-10H,6-8H2,(H,15,16,17,18). The van der Waals surface area contributed by atoms with E-state index in [-0.39, 0.29) is 0 Å². The van der Waals surface area contributed by atoms with E-state index < -0.39 is 0 Å².